The standard InChI is InChI=1S/C16H21N3/c1-12(17-16-9-10-19(2)18-16)14-8-7-13-5-3-4-6-15(13)11-14/h7-12H,3-6H2,1-2H3,(H,17,18). The average Bonchev–Trinajstić information content (AvgIpc) is 2.83. The monoisotopic (exact) mass is 255 g/mol. The lowest BCUT2D eigenvalue weighted by molar-refractivity contribution is 0.682. The van der Waals surface area contributed by atoms with Crippen molar-refractivity contribution in [1.29, 1.82) is 0 Å². The van der Waals surface area contributed by atoms with Crippen molar-refractivity contribution in [3.63, 3.8) is 0 Å². The van der Waals surface area contributed by atoms with Crippen molar-refractivity contribution in [1.82, 2.24) is 9.78 Å². The number of aromatic nitrogens is 2. The first-order valence-corrected chi connectivity index (χ1v) is 7.10. The molecule has 1 N–H and O–H groups in total. The lowest BCUT2D eigenvalue weighted by Crippen LogP contribution is -2.10. The van der Waals surface area contributed by atoms with Crippen LogP contribution >= 0.6 is 0 Å². The van der Waals surface area contributed by atoms with Crippen molar-refractivity contribution in [2.75, 3.05) is 5.32 Å². The maximum atomic E-state index is 4.37. The second-order valence-corrected chi connectivity index (χ2v) is 5.48. The number of hydrogen-bond donors (Lipinski definition) is 1. The van der Waals surface area contributed by atoms with E-state index in [-0.39, 0.29) is 0 Å². The Hall–Kier alpha value is -1.77. The number of hydrogen-bond acceptors (Lipinski definition) is 2. The van der Waals surface area contributed by atoms with Crippen LogP contribution in [0.25, 0.3) is 0 Å². The van der Waals surface area contributed by atoms with Crippen LogP contribution in [0.1, 0.15) is 42.5 Å². The highest BCUT2D eigenvalue weighted by atomic mass is 15.3. The highest BCUT2D eigenvalue weighted by Crippen LogP contribution is 2.26. The molecule has 0 saturated heterocycles. The van der Waals surface area contributed by atoms with E-state index in [1.165, 1.54) is 31.2 Å². The van der Waals surface area contributed by atoms with Crippen LogP contribution in [-0.2, 0) is 19.9 Å². The van der Waals surface area contributed by atoms with Gasteiger partial charge in [-0.05, 0) is 49.3 Å². The first-order chi connectivity index (χ1) is 9.22. The van der Waals surface area contributed by atoms with Crippen LogP contribution in [0.5, 0.6) is 0 Å². The summed E-state index contributed by atoms with van der Waals surface area (Å²) in [5.74, 6) is 0.938. The molecule has 3 heteroatoms. The summed E-state index contributed by atoms with van der Waals surface area (Å²) in [7, 11) is 1.94. The fourth-order valence-corrected chi connectivity index (χ4v) is 2.82. The minimum atomic E-state index is 0.294. The van der Waals surface area contributed by atoms with Gasteiger partial charge in [-0.1, -0.05) is 18.2 Å². The van der Waals surface area contributed by atoms with E-state index >= 15 is 0 Å². The lowest BCUT2D eigenvalue weighted by Gasteiger charge is -2.19. The van der Waals surface area contributed by atoms with Gasteiger partial charge in [0.15, 0.2) is 0 Å². The number of nitrogens with one attached hydrogen (secondary N) is 1. The predicted octanol–water partition coefficient (Wildman–Crippen LogP) is 3.47. The molecular weight excluding hydrogens is 234 g/mol. The molecule has 0 aliphatic heterocycles. The van der Waals surface area contributed by atoms with Crippen LogP contribution in [-0.4, -0.2) is 9.78 Å². The molecule has 3 nitrogen and oxygen atoms in total. The zero-order chi connectivity index (χ0) is 13.2. The molecule has 0 amide bonds. The van der Waals surface area contributed by atoms with Crippen molar-refractivity contribution in [2.24, 2.45) is 7.05 Å². The van der Waals surface area contributed by atoms with E-state index in [1.807, 2.05) is 24.0 Å². The zero-order valence-corrected chi connectivity index (χ0v) is 11.7. The third kappa shape index (κ3) is 2.65. The normalized spacial score (nSPS) is 15.9. The predicted molar refractivity (Wildman–Crippen MR) is 78.3 cm³/mol. The fraction of sp³-hybridized carbons (Fsp3) is 0.438. The topological polar surface area (TPSA) is 29.9 Å². The first-order valence-electron chi connectivity index (χ1n) is 7.10. The number of anilines is 1. The van der Waals surface area contributed by atoms with Gasteiger partial charge < -0.3 is 5.32 Å². The second-order valence-electron chi connectivity index (χ2n) is 5.48. The summed E-state index contributed by atoms with van der Waals surface area (Å²) in [6.07, 6.45) is 7.12. The number of fused-ring (bicyclic) bond motifs is 1. The average molecular weight is 255 g/mol. The Morgan fingerprint density at radius 1 is 1.16 bits per heavy atom. The highest BCUT2D eigenvalue weighted by Gasteiger charge is 2.12. The van der Waals surface area contributed by atoms with E-state index in [2.05, 4.69) is 35.5 Å². The maximum absolute atomic E-state index is 4.37. The van der Waals surface area contributed by atoms with E-state index in [0.717, 1.165) is 5.82 Å². The number of benzene rings is 1. The van der Waals surface area contributed by atoms with E-state index in [9.17, 15) is 0 Å². The Labute approximate surface area is 114 Å². The first kappa shape index (κ1) is 12.3. The zero-order valence-electron chi connectivity index (χ0n) is 11.7. The molecule has 1 atom stereocenters. The van der Waals surface area contributed by atoms with Gasteiger partial charge in [0.05, 0.1) is 6.04 Å². The summed E-state index contributed by atoms with van der Waals surface area (Å²) in [6, 6.07) is 9.23. The molecule has 0 fully saturated rings. The van der Waals surface area contributed by atoms with Crippen LogP contribution in [0.4, 0.5) is 5.82 Å². The van der Waals surface area contributed by atoms with E-state index in [1.54, 1.807) is 11.1 Å². The molecule has 19 heavy (non-hydrogen) atoms. The number of nitrogens with zero attached hydrogens (tertiary/aromatic N) is 2. The van der Waals surface area contributed by atoms with Crippen molar-refractivity contribution < 1.29 is 0 Å². The van der Waals surface area contributed by atoms with Gasteiger partial charge in [-0.25, -0.2) is 0 Å². The molecule has 1 aromatic heterocycles. The van der Waals surface area contributed by atoms with Crippen molar-refractivity contribution in [2.45, 2.75) is 38.6 Å². The highest BCUT2D eigenvalue weighted by molar-refractivity contribution is 5.40. The Balaban J connectivity index is 1.77. The molecule has 0 bridgehead atoms. The van der Waals surface area contributed by atoms with Crippen LogP contribution in [0.15, 0.2) is 30.5 Å². The van der Waals surface area contributed by atoms with E-state index < -0.39 is 0 Å². The Morgan fingerprint density at radius 2 is 1.95 bits per heavy atom. The smallest absolute Gasteiger partial charge is 0.148 e. The summed E-state index contributed by atoms with van der Waals surface area (Å²) >= 11 is 0. The van der Waals surface area contributed by atoms with Gasteiger partial charge in [0.25, 0.3) is 0 Å². The lowest BCUT2D eigenvalue weighted by atomic mass is 9.89. The van der Waals surface area contributed by atoms with Crippen LogP contribution in [0.2, 0.25) is 0 Å². The summed E-state index contributed by atoms with van der Waals surface area (Å²) < 4.78 is 1.82. The van der Waals surface area contributed by atoms with E-state index in [0.29, 0.717) is 6.04 Å². The third-order valence-corrected chi connectivity index (χ3v) is 3.95. The maximum Gasteiger partial charge on any atom is 0.148 e. The Morgan fingerprint density at radius 3 is 2.68 bits per heavy atom. The molecule has 1 unspecified atom stereocenters. The Bertz CT molecular complexity index is 571. The summed E-state index contributed by atoms with van der Waals surface area (Å²) in [4.78, 5) is 0. The van der Waals surface area contributed by atoms with Crippen molar-refractivity contribution >= 4 is 5.82 Å². The molecule has 1 aliphatic carbocycles. The minimum absolute atomic E-state index is 0.294. The molecule has 0 radical (unpaired) electrons. The van der Waals surface area contributed by atoms with Gasteiger partial charge in [-0.3, -0.25) is 4.68 Å². The number of rotatable bonds is 3. The van der Waals surface area contributed by atoms with E-state index in [4.69, 9.17) is 0 Å². The Kier molecular flexibility index (Phi) is 3.28. The third-order valence-electron chi connectivity index (χ3n) is 3.95. The van der Waals surface area contributed by atoms with Crippen molar-refractivity contribution in [3.05, 3.63) is 47.2 Å². The van der Waals surface area contributed by atoms with Crippen LogP contribution < -0.4 is 5.32 Å². The molecule has 2 aromatic rings. The number of aryl methyl sites for hydroxylation is 3. The molecule has 0 spiro atoms. The largest absolute Gasteiger partial charge is 0.362 e. The molecule has 1 heterocycles. The molecule has 3 rings (SSSR count). The van der Waals surface area contributed by atoms with Gasteiger partial charge in [-0.2, -0.15) is 5.10 Å². The van der Waals surface area contributed by atoms with Gasteiger partial charge >= 0.3 is 0 Å². The molecule has 1 aromatic carbocycles. The second kappa shape index (κ2) is 5.08. The molecular formula is C16H21N3. The van der Waals surface area contributed by atoms with Gasteiger partial charge in [0.1, 0.15) is 5.82 Å². The quantitative estimate of drug-likeness (QED) is 0.910. The van der Waals surface area contributed by atoms with Crippen molar-refractivity contribution in [3.8, 4) is 0 Å². The summed E-state index contributed by atoms with van der Waals surface area (Å²) in [6.45, 7) is 2.19. The molecule has 0 saturated carbocycles. The minimum Gasteiger partial charge on any atom is -0.362 e. The SMILES string of the molecule is CC(Nc1ccn(C)n1)c1ccc2c(c1)CCCC2. The van der Waals surface area contributed by atoms with Gasteiger partial charge in [0.2, 0.25) is 0 Å². The fourth-order valence-electron chi connectivity index (χ4n) is 2.82. The summed E-state index contributed by atoms with van der Waals surface area (Å²) in [5.41, 5.74) is 4.43. The van der Waals surface area contributed by atoms with Crippen LogP contribution in [0, 0.1) is 0 Å². The van der Waals surface area contributed by atoms with Gasteiger partial charge in [-0.15, -0.1) is 0 Å². The molecule has 1 aliphatic rings. The molecule has 100 valence electrons. The van der Waals surface area contributed by atoms with Gasteiger partial charge in [0, 0.05) is 19.3 Å². The van der Waals surface area contributed by atoms with Crippen LogP contribution in [0.3, 0.4) is 0 Å². The summed E-state index contributed by atoms with van der Waals surface area (Å²) in [5, 5.41) is 7.82.